The van der Waals surface area contributed by atoms with E-state index >= 15 is 0 Å². The van der Waals surface area contributed by atoms with Crippen molar-refractivity contribution in [2.75, 3.05) is 11.1 Å². The third-order valence-electron chi connectivity index (χ3n) is 4.29. The normalized spacial score (nSPS) is 10.8. The van der Waals surface area contributed by atoms with Gasteiger partial charge < -0.3 is 5.32 Å². The van der Waals surface area contributed by atoms with E-state index in [0.29, 0.717) is 16.0 Å². The van der Waals surface area contributed by atoms with Crippen LogP contribution in [0.3, 0.4) is 0 Å². The number of carbonyl (C=O) groups excluding carboxylic acids is 1. The summed E-state index contributed by atoms with van der Waals surface area (Å²) in [5, 5.41) is 12.2. The number of hydrogen-bond donors (Lipinski definition) is 1. The van der Waals surface area contributed by atoms with E-state index in [9.17, 15) is 13.6 Å². The maximum Gasteiger partial charge on any atom is 0.234 e. The van der Waals surface area contributed by atoms with Gasteiger partial charge >= 0.3 is 0 Å². The molecule has 3 aromatic carbocycles. The average Bonchev–Trinajstić information content (AvgIpc) is 3.20. The zero-order valence-corrected chi connectivity index (χ0v) is 17.5. The zero-order chi connectivity index (χ0) is 21.8. The number of nitrogens with zero attached hydrogens (tertiary/aromatic N) is 3. The van der Waals surface area contributed by atoms with Gasteiger partial charge in [0.05, 0.1) is 5.75 Å². The molecule has 5 nitrogen and oxygen atoms in total. The summed E-state index contributed by atoms with van der Waals surface area (Å²) in [4.78, 5) is 12.3. The number of carbonyl (C=O) groups is 1. The van der Waals surface area contributed by atoms with Gasteiger partial charge in [-0.2, -0.15) is 0 Å². The highest BCUT2D eigenvalue weighted by Gasteiger charge is 2.17. The minimum absolute atomic E-state index is 0.000488. The SMILES string of the molecule is O=C(CSc1nnc(-c2ccccc2)n1-c1ccc(Cl)cc1)Nc1ccc(F)c(F)c1. The molecule has 0 radical (unpaired) electrons. The molecule has 1 heterocycles. The Morgan fingerprint density at radius 2 is 1.71 bits per heavy atom. The number of benzene rings is 3. The Bertz CT molecular complexity index is 1220. The van der Waals surface area contributed by atoms with Crippen molar-refractivity contribution < 1.29 is 13.6 Å². The van der Waals surface area contributed by atoms with Crippen molar-refractivity contribution in [2.45, 2.75) is 5.16 Å². The van der Waals surface area contributed by atoms with Crippen molar-refractivity contribution in [1.82, 2.24) is 14.8 Å². The molecule has 0 atom stereocenters. The van der Waals surface area contributed by atoms with Crippen LogP contribution in [0.4, 0.5) is 14.5 Å². The lowest BCUT2D eigenvalue weighted by Gasteiger charge is -2.11. The summed E-state index contributed by atoms with van der Waals surface area (Å²) in [6.07, 6.45) is 0. The van der Waals surface area contributed by atoms with Gasteiger partial charge in [0.25, 0.3) is 0 Å². The molecule has 0 spiro atoms. The molecule has 0 saturated carbocycles. The molecular formula is C22H15ClF2N4OS. The van der Waals surface area contributed by atoms with Crippen molar-refractivity contribution in [3.63, 3.8) is 0 Å². The number of aromatic nitrogens is 3. The van der Waals surface area contributed by atoms with Gasteiger partial charge in [0, 0.05) is 28.0 Å². The Hall–Kier alpha value is -3.23. The number of rotatable bonds is 6. The van der Waals surface area contributed by atoms with Crippen LogP contribution in [0.5, 0.6) is 0 Å². The Balaban J connectivity index is 1.57. The van der Waals surface area contributed by atoms with Gasteiger partial charge in [-0.15, -0.1) is 10.2 Å². The van der Waals surface area contributed by atoms with Crippen molar-refractivity contribution >= 4 is 35.0 Å². The minimum atomic E-state index is -1.03. The van der Waals surface area contributed by atoms with Crippen LogP contribution in [0.15, 0.2) is 78.0 Å². The van der Waals surface area contributed by atoms with E-state index in [1.54, 1.807) is 12.1 Å². The molecule has 0 aliphatic rings. The molecule has 0 unspecified atom stereocenters. The number of nitrogens with one attached hydrogen (secondary N) is 1. The van der Waals surface area contributed by atoms with E-state index in [0.717, 1.165) is 23.4 Å². The smallest absolute Gasteiger partial charge is 0.234 e. The first kappa shape index (κ1) is 21.0. The van der Waals surface area contributed by atoms with Gasteiger partial charge in [0.15, 0.2) is 22.6 Å². The second kappa shape index (κ2) is 9.28. The predicted octanol–water partition coefficient (Wildman–Crippen LogP) is 5.60. The summed E-state index contributed by atoms with van der Waals surface area (Å²) in [5.41, 5.74) is 1.83. The van der Waals surface area contributed by atoms with E-state index in [1.165, 1.54) is 17.8 Å². The standard InChI is InChI=1S/C22H15ClF2N4OS/c23-15-6-9-17(10-7-15)29-21(14-4-2-1-3-5-14)27-28-22(29)31-13-20(30)26-16-8-11-18(24)19(25)12-16/h1-12H,13H2,(H,26,30). The molecule has 0 saturated heterocycles. The maximum atomic E-state index is 13.4. The van der Waals surface area contributed by atoms with Crippen LogP contribution in [0, 0.1) is 11.6 Å². The monoisotopic (exact) mass is 456 g/mol. The summed E-state index contributed by atoms with van der Waals surface area (Å²) in [5.74, 6) is -1.77. The first-order valence-corrected chi connectivity index (χ1v) is 10.5. The van der Waals surface area contributed by atoms with E-state index in [4.69, 9.17) is 11.6 Å². The van der Waals surface area contributed by atoms with E-state index in [1.807, 2.05) is 47.0 Å². The number of amides is 1. The highest BCUT2D eigenvalue weighted by Crippen LogP contribution is 2.28. The van der Waals surface area contributed by atoms with Crippen LogP contribution in [0.1, 0.15) is 0 Å². The number of thioether (sulfide) groups is 1. The van der Waals surface area contributed by atoms with Crippen LogP contribution in [-0.2, 0) is 4.79 Å². The van der Waals surface area contributed by atoms with Gasteiger partial charge in [-0.25, -0.2) is 8.78 Å². The molecule has 0 aliphatic heterocycles. The molecule has 4 aromatic rings. The molecule has 1 aromatic heterocycles. The fourth-order valence-corrected chi connectivity index (χ4v) is 3.74. The van der Waals surface area contributed by atoms with Crippen LogP contribution < -0.4 is 5.32 Å². The Kier molecular flexibility index (Phi) is 6.29. The third-order valence-corrected chi connectivity index (χ3v) is 5.47. The van der Waals surface area contributed by atoms with Crippen molar-refractivity contribution in [1.29, 1.82) is 0 Å². The minimum Gasteiger partial charge on any atom is -0.325 e. The first-order chi connectivity index (χ1) is 15.0. The zero-order valence-electron chi connectivity index (χ0n) is 15.9. The second-order valence-corrected chi connectivity index (χ2v) is 7.83. The molecule has 1 N–H and O–H groups in total. The summed E-state index contributed by atoms with van der Waals surface area (Å²) < 4.78 is 28.2. The van der Waals surface area contributed by atoms with Crippen LogP contribution >= 0.6 is 23.4 Å². The first-order valence-electron chi connectivity index (χ1n) is 9.16. The fourth-order valence-electron chi connectivity index (χ4n) is 2.86. The Labute approximate surface area is 186 Å². The van der Waals surface area contributed by atoms with Crippen LogP contribution in [-0.4, -0.2) is 26.4 Å². The highest BCUT2D eigenvalue weighted by molar-refractivity contribution is 7.99. The van der Waals surface area contributed by atoms with Crippen LogP contribution in [0.25, 0.3) is 17.1 Å². The number of hydrogen-bond acceptors (Lipinski definition) is 4. The van der Waals surface area contributed by atoms with E-state index in [-0.39, 0.29) is 17.3 Å². The molecule has 1 amide bonds. The highest BCUT2D eigenvalue weighted by atomic mass is 35.5. The molecule has 4 rings (SSSR count). The largest absolute Gasteiger partial charge is 0.325 e. The maximum absolute atomic E-state index is 13.4. The van der Waals surface area contributed by atoms with Gasteiger partial charge in [0.1, 0.15) is 0 Å². The van der Waals surface area contributed by atoms with Crippen LogP contribution in [0.2, 0.25) is 5.02 Å². The fraction of sp³-hybridized carbons (Fsp3) is 0.0455. The Morgan fingerprint density at radius 3 is 2.42 bits per heavy atom. The lowest BCUT2D eigenvalue weighted by Crippen LogP contribution is -2.15. The molecule has 0 aliphatic carbocycles. The summed E-state index contributed by atoms with van der Waals surface area (Å²) in [7, 11) is 0. The lowest BCUT2D eigenvalue weighted by atomic mass is 10.2. The van der Waals surface area contributed by atoms with Crippen molar-refractivity contribution in [2.24, 2.45) is 0 Å². The summed E-state index contributed by atoms with van der Waals surface area (Å²) >= 11 is 7.19. The summed E-state index contributed by atoms with van der Waals surface area (Å²) in [6.45, 7) is 0. The van der Waals surface area contributed by atoms with E-state index < -0.39 is 11.6 Å². The van der Waals surface area contributed by atoms with Crippen molar-refractivity contribution in [3.8, 4) is 17.1 Å². The predicted molar refractivity (Wildman–Crippen MR) is 118 cm³/mol. The van der Waals surface area contributed by atoms with Gasteiger partial charge in [0.2, 0.25) is 5.91 Å². The van der Waals surface area contributed by atoms with E-state index in [2.05, 4.69) is 15.5 Å². The molecule has 9 heteroatoms. The van der Waals surface area contributed by atoms with Gasteiger partial charge in [-0.05, 0) is 36.4 Å². The second-order valence-electron chi connectivity index (χ2n) is 6.45. The number of halogens is 3. The summed E-state index contributed by atoms with van der Waals surface area (Å²) in [6, 6.07) is 19.9. The molecule has 0 bridgehead atoms. The molecule has 31 heavy (non-hydrogen) atoms. The lowest BCUT2D eigenvalue weighted by molar-refractivity contribution is -0.113. The molecular weight excluding hydrogens is 442 g/mol. The topological polar surface area (TPSA) is 59.8 Å². The Morgan fingerprint density at radius 1 is 0.968 bits per heavy atom. The number of anilines is 1. The third kappa shape index (κ3) is 4.92. The van der Waals surface area contributed by atoms with Gasteiger partial charge in [-0.1, -0.05) is 53.7 Å². The quantitative estimate of drug-likeness (QED) is 0.384. The van der Waals surface area contributed by atoms with Crippen molar-refractivity contribution in [3.05, 3.63) is 89.5 Å². The average molecular weight is 457 g/mol. The molecule has 156 valence electrons. The van der Waals surface area contributed by atoms with Gasteiger partial charge in [-0.3, -0.25) is 9.36 Å². The molecule has 0 fully saturated rings.